The van der Waals surface area contributed by atoms with Crippen molar-refractivity contribution in [1.82, 2.24) is 9.97 Å². The van der Waals surface area contributed by atoms with Crippen molar-refractivity contribution in [2.75, 3.05) is 5.43 Å². The lowest BCUT2D eigenvalue weighted by atomic mass is 10.3. The van der Waals surface area contributed by atoms with Gasteiger partial charge in [-0.25, -0.2) is 15.8 Å². The van der Waals surface area contributed by atoms with Crippen LogP contribution in [0.4, 0.5) is 5.13 Å². The zero-order valence-corrected chi connectivity index (χ0v) is 7.51. The van der Waals surface area contributed by atoms with Crippen LogP contribution in [0.1, 0.15) is 5.69 Å². The quantitative estimate of drug-likeness (QED) is 0.480. The normalized spacial score (nSPS) is 10.6. The van der Waals surface area contributed by atoms with Crippen molar-refractivity contribution in [3.63, 3.8) is 0 Å². The molecule has 0 spiro atoms. The highest BCUT2D eigenvalue weighted by molar-refractivity contribution is 7.21. The third kappa shape index (κ3) is 1.46. The molecule has 0 saturated heterocycles. The van der Waals surface area contributed by atoms with Gasteiger partial charge in [0, 0.05) is 0 Å². The number of hydrogen-bond donors (Lipinski definition) is 3. The molecule has 0 fully saturated rings. The summed E-state index contributed by atoms with van der Waals surface area (Å²) in [6, 6.07) is 3.55. The number of nitrogen functional groups attached to an aromatic ring is 1. The molecule has 0 saturated carbocycles. The summed E-state index contributed by atoms with van der Waals surface area (Å²) in [6.07, 6.45) is 0. The summed E-state index contributed by atoms with van der Waals surface area (Å²) < 4.78 is 0. The summed E-state index contributed by atoms with van der Waals surface area (Å²) in [5.74, 6) is 5.20. The Hall–Kier alpha value is -1.24. The standard InChI is InChI=1S/C7H8N4OS/c8-11-7-10-5-2-1-4(3-12)9-6(5)13-7/h1-2,12H,3,8H2,(H,10,11). The number of rotatable bonds is 2. The Morgan fingerprint density at radius 2 is 2.31 bits per heavy atom. The summed E-state index contributed by atoms with van der Waals surface area (Å²) in [5.41, 5.74) is 3.88. The van der Waals surface area contributed by atoms with Gasteiger partial charge in [-0.1, -0.05) is 11.3 Å². The number of pyridine rings is 1. The average Bonchev–Trinajstić information content (AvgIpc) is 2.58. The van der Waals surface area contributed by atoms with Crippen LogP contribution < -0.4 is 11.3 Å². The number of anilines is 1. The van der Waals surface area contributed by atoms with Gasteiger partial charge in [0.1, 0.15) is 10.3 Å². The van der Waals surface area contributed by atoms with E-state index in [1.54, 1.807) is 6.07 Å². The first-order chi connectivity index (χ1) is 6.33. The van der Waals surface area contributed by atoms with Crippen LogP contribution in [-0.2, 0) is 6.61 Å². The fourth-order valence-electron chi connectivity index (χ4n) is 1.01. The van der Waals surface area contributed by atoms with Crippen LogP contribution in [0.5, 0.6) is 0 Å². The summed E-state index contributed by atoms with van der Waals surface area (Å²) in [7, 11) is 0. The highest BCUT2D eigenvalue weighted by atomic mass is 32.1. The fraction of sp³-hybridized carbons (Fsp3) is 0.143. The predicted octanol–water partition coefficient (Wildman–Crippen LogP) is 0.469. The second kappa shape index (κ2) is 3.25. The van der Waals surface area contributed by atoms with E-state index < -0.39 is 0 Å². The van der Waals surface area contributed by atoms with E-state index in [2.05, 4.69) is 15.4 Å². The van der Waals surface area contributed by atoms with Crippen LogP contribution >= 0.6 is 11.3 Å². The molecule has 5 nitrogen and oxygen atoms in total. The summed E-state index contributed by atoms with van der Waals surface area (Å²) in [4.78, 5) is 9.09. The highest BCUT2D eigenvalue weighted by Gasteiger charge is 2.03. The zero-order valence-electron chi connectivity index (χ0n) is 6.69. The molecule has 2 aromatic heterocycles. The van der Waals surface area contributed by atoms with Gasteiger partial charge in [0.05, 0.1) is 12.3 Å². The molecule has 0 unspecified atom stereocenters. The second-order valence-corrected chi connectivity index (χ2v) is 3.43. The molecule has 13 heavy (non-hydrogen) atoms. The Morgan fingerprint density at radius 1 is 1.46 bits per heavy atom. The van der Waals surface area contributed by atoms with E-state index in [1.165, 1.54) is 11.3 Å². The second-order valence-electron chi connectivity index (χ2n) is 2.45. The van der Waals surface area contributed by atoms with Crippen LogP contribution in [0, 0.1) is 0 Å². The Morgan fingerprint density at radius 3 is 3.00 bits per heavy atom. The van der Waals surface area contributed by atoms with Gasteiger partial charge in [-0.3, -0.25) is 5.43 Å². The Labute approximate surface area is 78.2 Å². The number of thiazole rings is 1. The van der Waals surface area contributed by atoms with E-state index in [-0.39, 0.29) is 6.61 Å². The minimum atomic E-state index is -0.0563. The van der Waals surface area contributed by atoms with E-state index in [0.717, 1.165) is 10.3 Å². The van der Waals surface area contributed by atoms with E-state index in [4.69, 9.17) is 10.9 Å². The zero-order chi connectivity index (χ0) is 9.26. The fourth-order valence-corrected chi connectivity index (χ4v) is 1.77. The number of hydrazine groups is 1. The molecular weight excluding hydrogens is 188 g/mol. The van der Waals surface area contributed by atoms with Gasteiger partial charge in [0.25, 0.3) is 0 Å². The molecule has 0 bridgehead atoms. The van der Waals surface area contributed by atoms with Gasteiger partial charge in [-0.15, -0.1) is 0 Å². The lowest BCUT2D eigenvalue weighted by Gasteiger charge is -1.91. The molecule has 0 atom stereocenters. The van der Waals surface area contributed by atoms with Crippen molar-refractivity contribution in [2.24, 2.45) is 5.84 Å². The molecule has 68 valence electrons. The Bertz CT molecular complexity index is 425. The van der Waals surface area contributed by atoms with Crippen LogP contribution in [-0.4, -0.2) is 15.1 Å². The first-order valence-corrected chi connectivity index (χ1v) is 4.49. The molecule has 6 heteroatoms. The maximum absolute atomic E-state index is 8.84. The first-order valence-electron chi connectivity index (χ1n) is 3.67. The van der Waals surface area contributed by atoms with Gasteiger partial charge in [-0.2, -0.15) is 0 Å². The molecule has 0 aliphatic heterocycles. The number of hydrogen-bond acceptors (Lipinski definition) is 6. The van der Waals surface area contributed by atoms with E-state index in [9.17, 15) is 0 Å². The molecule has 0 aliphatic carbocycles. The van der Waals surface area contributed by atoms with Crippen LogP contribution in [0.3, 0.4) is 0 Å². The smallest absolute Gasteiger partial charge is 0.199 e. The molecule has 0 aliphatic rings. The Kier molecular flexibility index (Phi) is 2.09. The molecule has 0 amide bonds. The minimum Gasteiger partial charge on any atom is -0.390 e. The van der Waals surface area contributed by atoms with Crippen LogP contribution in [0.15, 0.2) is 12.1 Å². The number of aliphatic hydroxyl groups is 1. The molecule has 4 N–H and O–H groups in total. The third-order valence-corrected chi connectivity index (χ3v) is 2.49. The summed E-state index contributed by atoms with van der Waals surface area (Å²) in [5, 5.41) is 9.47. The maximum Gasteiger partial charge on any atom is 0.199 e. The first kappa shape index (κ1) is 8.36. The van der Waals surface area contributed by atoms with E-state index in [1.807, 2.05) is 6.07 Å². The SMILES string of the molecule is NNc1nc2ccc(CO)nc2s1. The summed E-state index contributed by atoms with van der Waals surface area (Å²) in [6.45, 7) is -0.0563. The topological polar surface area (TPSA) is 84.1 Å². The van der Waals surface area contributed by atoms with E-state index in [0.29, 0.717) is 10.8 Å². The molecule has 2 aromatic rings. The average molecular weight is 196 g/mol. The predicted molar refractivity (Wildman–Crippen MR) is 51.1 cm³/mol. The van der Waals surface area contributed by atoms with Gasteiger partial charge >= 0.3 is 0 Å². The number of nitrogens with two attached hydrogens (primary N) is 1. The number of fused-ring (bicyclic) bond motifs is 1. The molecule has 0 radical (unpaired) electrons. The molecule has 2 rings (SSSR count). The molecule has 0 aromatic carbocycles. The van der Waals surface area contributed by atoms with Crippen molar-refractivity contribution in [2.45, 2.75) is 6.61 Å². The molecular formula is C7H8N4OS. The monoisotopic (exact) mass is 196 g/mol. The minimum absolute atomic E-state index is 0.0563. The van der Waals surface area contributed by atoms with Crippen LogP contribution in [0.2, 0.25) is 0 Å². The van der Waals surface area contributed by atoms with Gasteiger partial charge in [-0.05, 0) is 12.1 Å². The Balaban J connectivity index is 2.57. The van der Waals surface area contributed by atoms with Crippen molar-refractivity contribution >= 4 is 26.8 Å². The number of aromatic nitrogens is 2. The van der Waals surface area contributed by atoms with Gasteiger partial charge in [0.2, 0.25) is 0 Å². The third-order valence-electron chi connectivity index (χ3n) is 1.60. The van der Waals surface area contributed by atoms with Gasteiger partial charge in [0.15, 0.2) is 5.13 Å². The lowest BCUT2D eigenvalue weighted by molar-refractivity contribution is 0.277. The van der Waals surface area contributed by atoms with Gasteiger partial charge < -0.3 is 5.11 Å². The largest absolute Gasteiger partial charge is 0.390 e. The van der Waals surface area contributed by atoms with Crippen molar-refractivity contribution in [3.8, 4) is 0 Å². The van der Waals surface area contributed by atoms with Crippen molar-refractivity contribution < 1.29 is 5.11 Å². The van der Waals surface area contributed by atoms with Crippen LogP contribution in [0.25, 0.3) is 10.3 Å². The lowest BCUT2D eigenvalue weighted by Crippen LogP contribution is -2.05. The molecule has 2 heterocycles. The highest BCUT2D eigenvalue weighted by Crippen LogP contribution is 2.23. The van der Waals surface area contributed by atoms with E-state index >= 15 is 0 Å². The van der Waals surface area contributed by atoms with Crippen molar-refractivity contribution in [1.29, 1.82) is 0 Å². The van der Waals surface area contributed by atoms with Crippen molar-refractivity contribution in [3.05, 3.63) is 17.8 Å². The maximum atomic E-state index is 8.84. The summed E-state index contributed by atoms with van der Waals surface area (Å²) >= 11 is 1.36. The number of nitrogens with zero attached hydrogens (tertiary/aromatic N) is 2. The number of aliphatic hydroxyl groups excluding tert-OH is 1. The number of nitrogens with one attached hydrogen (secondary N) is 1.